The molecule has 0 fully saturated rings. The van der Waals surface area contributed by atoms with Crippen LogP contribution in [0.15, 0.2) is 36.8 Å². The molecule has 0 radical (unpaired) electrons. The van der Waals surface area contributed by atoms with Crippen LogP contribution in [0.4, 0.5) is 17.5 Å². The standard InChI is InChI=1S/C16H15Cl2N7O/c1-25-8-10(6-22-25)23-16-21-7-11(14(19)26)15(24-16)20-5-9-3-2-4-12(17)13(9)18/h2-4,6-8H,5H2,1H3,(H2,19,26)(H2,20,21,23,24). The second kappa shape index (κ2) is 7.59. The van der Waals surface area contributed by atoms with E-state index < -0.39 is 5.91 Å². The van der Waals surface area contributed by atoms with Gasteiger partial charge in [-0.2, -0.15) is 10.1 Å². The van der Waals surface area contributed by atoms with E-state index in [9.17, 15) is 4.79 Å². The van der Waals surface area contributed by atoms with Crippen molar-refractivity contribution in [1.29, 1.82) is 0 Å². The van der Waals surface area contributed by atoms with Crippen molar-refractivity contribution in [2.24, 2.45) is 12.8 Å². The number of nitrogens with one attached hydrogen (secondary N) is 2. The average Bonchev–Trinajstić information content (AvgIpc) is 3.01. The zero-order valence-corrected chi connectivity index (χ0v) is 15.2. The molecule has 134 valence electrons. The van der Waals surface area contributed by atoms with Crippen molar-refractivity contribution in [2.75, 3.05) is 10.6 Å². The number of aryl methyl sites for hydroxylation is 1. The molecule has 26 heavy (non-hydrogen) atoms. The average molecular weight is 392 g/mol. The number of amides is 1. The molecule has 3 rings (SSSR count). The van der Waals surface area contributed by atoms with Gasteiger partial charge in [-0.05, 0) is 11.6 Å². The summed E-state index contributed by atoms with van der Waals surface area (Å²) >= 11 is 12.2. The van der Waals surface area contributed by atoms with Crippen LogP contribution in [0.3, 0.4) is 0 Å². The van der Waals surface area contributed by atoms with Gasteiger partial charge in [-0.15, -0.1) is 0 Å². The smallest absolute Gasteiger partial charge is 0.254 e. The van der Waals surface area contributed by atoms with Crippen LogP contribution in [0.5, 0.6) is 0 Å². The van der Waals surface area contributed by atoms with Gasteiger partial charge in [0, 0.05) is 26.0 Å². The third-order valence-corrected chi connectivity index (χ3v) is 4.35. The minimum atomic E-state index is -0.641. The Morgan fingerprint density at radius 3 is 2.81 bits per heavy atom. The van der Waals surface area contributed by atoms with Crippen molar-refractivity contribution in [3.63, 3.8) is 0 Å². The maximum atomic E-state index is 11.6. The SMILES string of the molecule is Cn1cc(Nc2ncc(C(N)=O)c(NCc3cccc(Cl)c3Cl)n2)cn1. The third kappa shape index (κ3) is 4.04. The van der Waals surface area contributed by atoms with E-state index in [1.54, 1.807) is 36.3 Å². The van der Waals surface area contributed by atoms with Crippen molar-refractivity contribution in [2.45, 2.75) is 6.54 Å². The van der Waals surface area contributed by atoms with Crippen LogP contribution in [0.2, 0.25) is 10.0 Å². The predicted molar refractivity (Wildman–Crippen MR) is 101 cm³/mol. The molecule has 4 N–H and O–H groups in total. The predicted octanol–water partition coefficient (Wildman–Crippen LogP) is 2.97. The highest BCUT2D eigenvalue weighted by atomic mass is 35.5. The maximum absolute atomic E-state index is 11.6. The molecule has 8 nitrogen and oxygen atoms in total. The summed E-state index contributed by atoms with van der Waals surface area (Å²) in [7, 11) is 1.80. The van der Waals surface area contributed by atoms with Gasteiger partial charge in [0.05, 0.1) is 27.5 Å². The molecule has 0 aliphatic rings. The molecule has 2 aromatic heterocycles. The molecule has 0 spiro atoms. The van der Waals surface area contributed by atoms with Crippen molar-refractivity contribution >= 4 is 46.6 Å². The summed E-state index contributed by atoms with van der Waals surface area (Å²) in [5.41, 5.74) is 7.04. The Kier molecular flexibility index (Phi) is 5.24. The number of hydrogen-bond acceptors (Lipinski definition) is 6. The highest BCUT2D eigenvalue weighted by Crippen LogP contribution is 2.26. The molecular weight excluding hydrogens is 377 g/mol. The molecule has 0 aliphatic heterocycles. The summed E-state index contributed by atoms with van der Waals surface area (Å²) in [6.45, 7) is 0.309. The minimum Gasteiger partial charge on any atom is -0.365 e. The van der Waals surface area contributed by atoms with Gasteiger partial charge in [-0.1, -0.05) is 35.3 Å². The first-order valence-electron chi connectivity index (χ1n) is 7.53. The van der Waals surface area contributed by atoms with E-state index in [4.69, 9.17) is 28.9 Å². The number of primary amides is 1. The summed E-state index contributed by atoms with van der Waals surface area (Å²) < 4.78 is 1.64. The number of aromatic nitrogens is 4. The number of rotatable bonds is 6. The normalized spacial score (nSPS) is 10.6. The lowest BCUT2D eigenvalue weighted by atomic mass is 10.2. The lowest BCUT2D eigenvalue weighted by molar-refractivity contribution is 0.100. The quantitative estimate of drug-likeness (QED) is 0.595. The molecule has 0 aliphatic carbocycles. The Labute approximate surface area is 159 Å². The first-order valence-corrected chi connectivity index (χ1v) is 8.29. The topological polar surface area (TPSA) is 111 Å². The molecule has 3 aromatic rings. The lowest BCUT2D eigenvalue weighted by Crippen LogP contribution is -2.17. The summed E-state index contributed by atoms with van der Waals surface area (Å²) in [6.07, 6.45) is 4.75. The third-order valence-electron chi connectivity index (χ3n) is 3.49. The van der Waals surface area contributed by atoms with Crippen molar-refractivity contribution in [1.82, 2.24) is 19.7 Å². The van der Waals surface area contributed by atoms with Crippen LogP contribution in [-0.4, -0.2) is 25.7 Å². The Morgan fingerprint density at radius 2 is 2.12 bits per heavy atom. The maximum Gasteiger partial charge on any atom is 0.254 e. The van der Waals surface area contributed by atoms with Gasteiger partial charge < -0.3 is 16.4 Å². The van der Waals surface area contributed by atoms with E-state index in [-0.39, 0.29) is 11.4 Å². The van der Waals surface area contributed by atoms with Crippen molar-refractivity contribution in [3.8, 4) is 0 Å². The number of carbonyl (C=O) groups excluding carboxylic acids is 1. The number of anilines is 3. The van der Waals surface area contributed by atoms with Crippen LogP contribution >= 0.6 is 23.2 Å². The summed E-state index contributed by atoms with van der Waals surface area (Å²) in [5, 5.41) is 11.0. The fourth-order valence-electron chi connectivity index (χ4n) is 2.24. The van der Waals surface area contributed by atoms with Gasteiger partial charge >= 0.3 is 0 Å². The second-order valence-corrected chi connectivity index (χ2v) is 6.20. The molecule has 0 atom stereocenters. The Hall–Kier alpha value is -2.84. The van der Waals surface area contributed by atoms with Crippen LogP contribution in [0.25, 0.3) is 0 Å². The largest absolute Gasteiger partial charge is 0.365 e. The lowest BCUT2D eigenvalue weighted by Gasteiger charge is -2.12. The molecule has 0 saturated carbocycles. The van der Waals surface area contributed by atoms with Crippen LogP contribution in [0, 0.1) is 0 Å². The van der Waals surface area contributed by atoms with E-state index >= 15 is 0 Å². The van der Waals surface area contributed by atoms with Gasteiger partial charge in [0.1, 0.15) is 5.82 Å². The molecular formula is C16H15Cl2N7O. The van der Waals surface area contributed by atoms with Crippen LogP contribution in [0.1, 0.15) is 15.9 Å². The molecule has 0 bridgehead atoms. The molecule has 2 heterocycles. The minimum absolute atomic E-state index is 0.167. The van der Waals surface area contributed by atoms with Crippen molar-refractivity contribution < 1.29 is 4.79 Å². The Bertz CT molecular complexity index is 958. The number of halogens is 2. The summed E-state index contributed by atoms with van der Waals surface area (Å²) in [6, 6.07) is 5.31. The molecule has 10 heteroatoms. The van der Waals surface area contributed by atoms with E-state index in [1.807, 2.05) is 6.07 Å². The number of hydrogen-bond donors (Lipinski definition) is 3. The highest BCUT2D eigenvalue weighted by Gasteiger charge is 2.13. The fraction of sp³-hybridized carbons (Fsp3) is 0.125. The zero-order valence-electron chi connectivity index (χ0n) is 13.7. The fourth-order valence-corrected chi connectivity index (χ4v) is 2.62. The van der Waals surface area contributed by atoms with Crippen LogP contribution < -0.4 is 16.4 Å². The zero-order chi connectivity index (χ0) is 18.7. The van der Waals surface area contributed by atoms with E-state index in [0.29, 0.717) is 28.2 Å². The van der Waals surface area contributed by atoms with Gasteiger partial charge in [-0.3, -0.25) is 9.48 Å². The van der Waals surface area contributed by atoms with Gasteiger partial charge in [0.25, 0.3) is 5.91 Å². The number of carbonyl (C=O) groups is 1. The number of nitrogens with zero attached hydrogens (tertiary/aromatic N) is 4. The first-order chi connectivity index (χ1) is 12.4. The van der Waals surface area contributed by atoms with E-state index in [2.05, 4.69) is 25.7 Å². The van der Waals surface area contributed by atoms with Crippen LogP contribution in [-0.2, 0) is 13.6 Å². The Morgan fingerprint density at radius 1 is 1.31 bits per heavy atom. The first kappa shape index (κ1) is 18.0. The highest BCUT2D eigenvalue weighted by molar-refractivity contribution is 6.42. The molecule has 0 unspecified atom stereocenters. The van der Waals surface area contributed by atoms with Gasteiger partial charge in [0.15, 0.2) is 0 Å². The Balaban J connectivity index is 1.84. The monoisotopic (exact) mass is 391 g/mol. The van der Waals surface area contributed by atoms with Gasteiger partial charge in [0.2, 0.25) is 5.95 Å². The number of benzene rings is 1. The second-order valence-electron chi connectivity index (χ2n) is 5.41. The van der Waals surface area contributed by atoms with E-state index in [0.717, 1.165) is 5.56 Å². The van der Waals surface area contributed by atoms with Gasteiger partial charge in [-0.25, -0.2) is 4.98 Å². The molecule has 1 aromatic carbocycles. The number of nitrogens with two attached hydrogens (primary N) is 1. The molecule has 0 saturated heterocycles. The van der Waals surface area contributed by atoms with E-state index in [1.165, 1.54) is 6.20 Å². The summed E-state index contributed by atoms with van der Waals surface area (Å²) in [4.78, 5) is 20.1. The molecule has 1 amide bonds. The summed E-state index contributed by atoms with van der Waals surface area (Å²) in [5.74, 6) is -0.0600. The van der Waals surface area contributed by atoms with Crippen molar-refractivity contribution in [3.05, 3.63) is 58.0 Å².